The van der Waals surface area contributed by atoms with E-state index < -0.39 is 0 Å². The SMILES string of the molecule is Clc1ccc(Cl)c(-c2nnc(CCCNC3CC3)s2)c1. The number of aryl methyl sites for hydroxylation is 1. The van der Waals surface area contributed by atoms with Crippen LogP contribution in [0.2, 0.25) is 10.0 Å². The molecule has 0 bridgehead atoms. The van der Waals surface area contributed by atoms with Crippen molar-refractivity contribution in [3.05, 3.63) is 33.3 Å². The second-order valence-electron chi connectivity index (χ2n) is 4.96. The lowest BCUT2D eigenvalue weighted by atomic mass is 10.2. The quantitative estimate of drug-likeness (QED) is 0.808. The summed E-state index contributed by atoms with van der Waals surface area (Å²) < 4.78 is 0. The molecule has 0 spiro atoms. The van der Waals surface area contributed by atoms with Crippen LogP contribution < -0.4 is 5.32 Å². The van der Waals surface area contributed by atoms with Crippen LogP contribution in [0.4, 0.5) is 0 Å². The van der Waals surface area contributed by atoms with Crippen molar-refractivity contribution in [2.45, 2.75) is 31.7 Å². The van der Waals surface area contributed by atoms with E-state index in [4.69, 9.17) is 23.2 Å². The van der Waals surface area contributed by atoms with E-state index in [-0.39, 0.29) is 0 Å². The molecule has 0 unspecified atom stereocenters. The van der Waals surface area contributed by atoms with Gasteiger partial charge in [0, 0.05) is 23.0 Å². The van der Waals surface area contributed by atoms with Crippen LogP contribution in [-0.4, -0.2) is 22.8 Å². The summed E-state index contributed by atoms with van der Waals surface area (Å²) in [5.74, 6) is 0. The van der Waals surface area contributed by atoms with Gasteiger partial charge in [-0.25, -0.2) is 0 Å². The first kappa shape index (κ1) is 14.3. The Hall–Kier alpha value is -0.680. The Morgan fingerprint density at radius 1 is 1.25 bits per heavy atom. The molecule has 1 N–H and O–H groups in total. The minimum Gasteiger partial charge on any atom is -0.314 e. The lowest BCUT2D eigenvalue weighted by Gasteiger charge is -2.00. The highest BCUT2D eigenvalue weighted by molar-refractivity contribution is 7.14. The summed E-state index contributed by atoms with van der Waals surface area (Å²) in [6, 6.07) is 6.17. The van der Waals surface area contributed by atoms with Crippen molar-refractivity contribution in [3.8, 4) is 10.6 Å². The average Bonchev–Trinajstić information content (AvgIpc) is 3.15. The van der Waals surface area contributed by atoms with Crippen LogP contribution in [0.15, 0.2) is 18.2 Å². The highest BCUT2D eigenvalue weighted by Gasteiger charge is 2.19. The van der Waals surface area contributed by atoms with Crippen molar-refractivity contribution in [1.29, 1.82) is 0 Å². The minimum atomic E-state index is 0.660. The topological polar surface area (TPSA) is 37.8 Å². The fraction of sp³-hybridized carbons (Fsp3) is 0.429. The van der Waals surface area contributed by atoms with Gasteiger partial charge in [0.1, 0.15) is 10.0 Å². The summed E-state index contributed by atoms with van der Waals surface area (Å²) in [6.45, 7) is 1.05. The Morgan fingerprint density at radius 2 is 2.10 bits per heavy atom. The number of hydrogen-bond acceptors (Lipinski definition) is 4. The molecule has 1 aliphatic carbocycles. The average molecular weight is 328 g/mol. The molecule has 0 atom stereocenters. The van der Waals surface area contributed by atoms with E-state index in [1.807, 2.05) is 6.07 Å². The van der Waals surface area contributed by atoms with Crippen molar-refractivity contribution in [2.24, 2.45) is 0 Å². The van der Waals surface area contributed by atoms with Gasteiger partial charge in [-0.3, -0.25) is 0 Å². The van der Waals surface area contributed by atoms with E-state index in [1.54, 1.807) is 23.5 Å². The Balaban J connectivity index is 1.61. The van der Waals surface area contributed by atoms with Crippen molar-refractivity contribution in [3.63, 3.8) is 0 Å². The Labute approximate surface area is 132 Å². The van der Waals surface area contributed by atoms with Gasteiger partial charge in [0.2, 0.25) is 0 Å². The molecule has 1 aromatic heterocycles. The van der Waals surface area contributed by atoms with Crippen molar-refractivity contribution in [1.82, 2.24) is 15.5 Å². The molecular weight excluding hydrogens is 313 g/mol. The Morgan fingerprint density at radius 3 is 2.90 bits per heavy atom. The van der Waals surface area contributed by atoms with Crippen molar-refractivity contribution >= 4 is 34.5 Å². The largest absolute Gasteiger partial charge is 0.314 e. The van der Waals surface area contributed by atoms with Crippen LogP contribution in [0.25, 0.3) is 10.6 Å². The number of rotatable bonds is 6. The molecule has 1 aliphatic rings. The third-order valence-electron chi connectivity index (χ3n) is 3.20. The number of aromatic nitrogens is 2. The molecule has 1 aromatic carbocycles. The van der Waals surface area contributed by atoms with Gasteiger partial charge in [-0.15, -0.1) is 10.2 Å². The highest BCUT2D eigenvalue weighted by atomic mass is 35.5. The van der Waals surface area contributed by atoms with Crippen molar-refractivity contribution in [2.75, 3.05) is 6.54 Å². The van der Waals surface area contributed by atoms with Crippen LogP contribution in [0, 0.1) is 0 Å². The van der Waals surface area contributed by atoms with E-state index >= 15 is 0 Å². The molecule has 3 rings (SSSR count). The smallest absolute Gasteiger partial charge is 0.149 e. The zero-order valence-corrected chi connectivity index (χ0v) is 13.2. The number of benzene rings is 1. The molecule has 6 heteroatoms. The van der Waals surface area contributed by atoms with E-state index in [2.05, 4.69) is 15.5 Å². The predicted octanol–water partition coefficient (Wildman–Crippen LogP) is 4.20. The first-order chi connectivity index (χ1) is 9.72. The second-order valence-corrected chi connectivity index (χ2v) is 6.86. The summed E-state index contributed by atoms with van der Waals surface area (Å²) in [6.07, 6.45) is 4.70. The van der Waals surface area contributed by atoms with Crippen LogP contribution in [0.5, 0.6) is 0 Å². The van der Waals surface area contributed by atoms with Gasteiger partial charge >= 0.3 is 0 Å². The first-order valence-electron chi connectivity index (χ1n) is 6.73. The van der Waals surface area contributed by atoms with E-state index in [1.165, 1.54) is 12.8 Å². The molecular formula is C14H15Cl2N3S. The molecule has 1 heterocycles. The summed E-state index contributed by atoms with van der Waals surface area (Å²) in [5.41, 5.74) is 0.860. The fourth-order valence-electron chi connectivity index (χ4n) is 1.96. The molecule has 0 amide bonds. The molecule has 1 saturated carbocycles. The highest BCUT2D eigenvalue weighted by Crippen LogP contribution is 2.32. The second kappa shape index (κ2) is 6.39. The fourth-order valence-corrected chi connectivity index (χ4v) is 3.31. The molecule has 20 heavy (non-hydrogen) atoms. The van der Waals surface area contributed by atoms with E-state index in [0.29, 0.717) is 10.0 Å². The van der Waals surface area contributed by atoms with Gasteiger partial charge in [0.25, 0.3) is 0 Å². The summed E-state index contributed by atoms with van der Waals surface area (Å²) in [4.78, 5) is 0. The lowest BCUT2D eigenvalue weighted by molar-refractivity contribution is 0.643. The Kier molecular flexibility index (Phi) is 4.56. The van der Waals surface area contributed by atoms with Gasteiger partial charge in [0.05, 0.1) is 5.02 Å². The van der Waals surface area contributed by atoms with Gasteiger partial charge in [0.15, 0.2) is 0 Å². The van der Waals surface area contributed by atoms with Crippen LogP contribution in [-0.2, 0) is 6.42 Å². The zero-order valence-electron chi connectivity index (χ0n) is 10.9. The van der Waals surface area contributed by atoms with Crippen LogP contribution in [0.1, 0.15) is 24.3 Å². The van der Waals surface area contributed by atoms with Crippen molar-refractivity contribution < 1.29 is 0 Å². The molecule has 3 nitrogen and oxygen atoms in total. The minimum absolute atomic E-state index is 0.660. The monoisotopic (exact) mass is 327 g/mol. The third-order valence-corrected chi connectivity index (χ3v) is 4.78. The normalized spacial score (nSPS) is 14.7. The number of halogens is 2. The van der Waals surface area contributed by atoms with Gasteiger partial charge in [-0.2, -0.15) is 0 Å². The molecule has 0 saturated heterocycles. The third kappa shape index (κ3) is 3.70. The summed E-state index contributed by atoms with van der Waals surface area (Å²) in [5, 5.41) is 15.2. The van der Waals surface area contributed by atoms with Gasteiger partial charge < -0.3 is 5.32 Å². The molecule has 2 aromatic rings. The number of nitrogens with one attached hydrogen (secondary N) is 1. The predicted molar refractivity (Wildman–Crippen MR) is 84.7 cm³/mol. The van der Waals surface area contributed by atoms with Crippen LogP contribution >= 0.6 is 34.5 Å². The zero-order chi connectivity index (χ0) is 13.9. The lowest BCUT2D eigenvalue weighted by Crippen LogP contribution is -2.17. The maximum Gasteiger partial charge on any atom is 0.149 e. The summed E-state index contributed by atoms with van der Waals surface area (Å²) in [7, 11) is 0. The molecule has 0 aliphatic heterocycles. The maximum absolute atomic E-state index is 6.18. The van der Waals surface area contributed by atoms with E-state index in [9.17, 15) is 0 Å². The molecule has 106 valence electrons. The van der Waals surface area contributed by atoms with E-state index in [0.717, 1.165) is 41.0 Å². The van der Waals surface area contributed by atoms with Gasteiger partial charge in [-0.05, 0) is 44.0 Å². The maximum atomic E-state index is 6.18. The first-order valence-corrected chi connectivity index (χ1v) is 8.31. The standard InChI is InChI=1S/C14H15Cl2N3S/c15-9-3-6-12(16)11(8-9)14-19-18-13(20-14)2-1-7-17-10-4-5-10/h3,6,8,10,17H,1-2,4-5,7H2. The summed E-state index contributed by atoms with van der Waals surface area (Å²) >= 11 is 13.8. The Bertz CT molecular complexity index is 596. The number of hydrogen-bond donors (Lipinski definition) is 1. The molecule has 1 fully saturated rings. The van der Waals surface area contributed by atoms with Crippen LogP contribution in [0.3, 0.4) is 0 Å². The van der Waals surface area contributed by atoms with Gasteiger partial charge in [-0.1, -0.05) is 34.5 Å². The number of nitrogens with zero attached hydrogens (tertiary/aromatic N) is 2. The molecule has 0 radical (unpaired) electrons.